The van der Waals surface area contributed by atoms with Crippen molar-refractivity contribution in [1.29, 1.82) is 0 Å². The lowest BCUT2D eigenvalue weighted by Gasteiger charge is -2.20. The Morgan fingerprint density at radius 1 is 1.39 bits per heavy atom. The van der Waals surface area contributed by atoms with Crippen LogP contribution in [0.4, 0.5) is 5.69 Å². The second-order valence-electron chi connectivity index (χ2n) is 5.50. The van der Waals surface area contributed by atoms with Crippen LogP contribution in [0, 0.1) is 5.92 Å². The van der Waals surface area contributed by atoms with Gasteiger partial charge in [0.15, 0.2) is 6.10 Å². The van der Waals surface area contributed by atoms with E-state index in [0.717, 1.165) is 6.42 Å². The molecule has 0 saturated heterocycles. The van der Waals surface area contributed by atoms with Crippen LogP contribution >= 0.6 is 0 Å². The minimum atomic E-state index is -0.894. The molecule has 1 aromatic rings. The van der Waals surface area contributed by atoms with Crippen molar-refractivity contribution < 1.29 is 19.4 Å². The van der Waals surface area contributed by atoms with Crippen LogP contribution in [0.15, 0.2) is 18.2 Å². The number of anilines is 1. The summed E-state index contributed by atoms with van der Waals surface area (Å²) in [7, 11) is 0. The predicted molar refractivity (Wildman–Crippen MR) is 87.6 cm³/mol. The van der Waals surface area contributed by atoms with Crippen LogP contribution in [0.2, 0.25) is 0 Å². The first kappa shape index (κ1) is 18.9. The molecule has 0 aliphatic carbocycles. The minimum Gasteiger partial charge on any atom is -0.398 e. The van der Waals surface area contributed by atoms with Crippen molar-refractivity contribution >= 4 is 17.5 Å². The molecule has 0 fully saturated rings. The molecule has 7 heteroatoms. The normalized spacial score (nSPS) is 13.3. The number of nitrogen functional groups attached to an aromatic ring is 1. The Hall–Kier alpha value is -2.12. The number of hydrogen-bond acceptors (Lipinski definition) is 5. The first-order chi connectivity index (χ1) is 10.9. The number of ether oxygens (including phenoxy) is 1. The van der Waals surface area contributed by atoms with Gasteiger partial charge in [0.2, 0.25) is 0 Å². The molecule has 0 spiro atoms. The molecule has 7 nitrogen and oxygen atoms in total. The number of benzene rings is 1. The summed E-state index contributed by atoms with van der Waals surface area (Å²) in [5.41, 5.74) is 11.9. The van der Waals surface area contributed by atoms with Gasteiger partial charge >= 0.3 is 0 Å². The fourth-order valence-corrected chi connectivity index (χ4v) is 1.93. The van der Waals surface area contributed by atoms with Gasteiger partial charge in [-0.05, 0) is 24.1 Å². The molecule has 0 saturated carbocycles. The highest BCUT2D eigenvalue weighted by Crippen LogP contribution is 2.23. The van der Waals surface area contributed by atoms with E-state index in [0.29, 0.717) is 12.1 Å². The lowest BCUT2D eigenvalue weighted by atomic mass is 10.0. The van der Waals surface area contributed by atoms with Crippen LogP contribution in [-0.2, 0) is 9.53 Å². The van der Waals surface area contributed by atoms with E-state index in [9.17, 15) is 9.59 Å². The maximum Gasteiger partial charge on any atom is 0.253 e. The lowest BCUT2D eigenvalue weighted by Crippen LogP contribution is -2.32. The Morgan fingerprint density at radius 2 is 2.09 bits per heavy atom. The quantitative estimate of drug-likeness (QED) is 0.494. The summed E-state index contributed by atoms with van der Waals surface area (Å²) in [6, 6.07) is 4.62. The second kappa shape index (κ2) is 9.12. The molecule has 0 aliphatic rings. The molecule has 6 N–H and O–H groups in total. The molecule has 0 aliphatic heterocycles. The van der Waals surface area contributed by atoms with Crippen LogP contribution in [0.5, 0.6) is 0 Å². The maximum atomic E-state index is 12.3. The van der Waals surface area contributed by atoms with Gasteiger partial charge in [-0.15, -0.1) is 0 Å². The van der Waals surface area contributed by atoms with Crippen molar-refractivity contribution in [3.05, 3.63) is 29.3 Å². The predicted octanol–water partition coefficient (Wildman–Crippen LogP) is 0.580. The molecule has 0 radical (unpaired) electrons. The zero-order valence-electron chi connectivity index (χ0n) is 13.5. The average Bonchev–Trinajstić information content (AvgIpc) is 2.53. The molecule has 23 heavy (non-hydrogen) atoms. The smallest absolute Gasteiger partial charge is 0.253 e. The van der Waals surface area contributed by atoms with E-state index in [1.807, 2.05) is 6.92 Å². The van der Waals surface area contributed by atoms with Crippen LogP contribution in [0.3, 0.4) is 0 Å². The number of nitrogens with two attached hydrogens (primary N) is 2. The second-order valence-corrected chi connectivity index (χ2v) is 5.50. The third-order valence-corrected chi connectivity index (χ3v) is 3.29. The van der Waals surface area contributed by atoms with E-state index < -0.39 is 12.0 Å². The number of nitrogens with one attached hydrogen (secondary N) is 1. The zero-order chi connectivity index (χ0) is 17.4. The number of aliphatic hydroxyl groups is 1. The SMILES string of the molecule is CCCNC(=O)[C@@H](OCC(C)CO)c1ccc(N)c(C(N)=O)c1. The Balaban J connectivity index is 3.04. The standard InChI is InChI=1S/C16H25N3O4/c1-3-6-19-16(22)14(23-9-10(2)8-20)11-4-5-13(17)12(7-11)15(18)21/h4-5,7,10,14,20H,3,6,8-9,17H2,1-2H3,(H2,18,21)(H,19,22)/t10?,14-/m0/s1. The van der Waals surface area contributed by atoms with Gasteiger partial charge in [-0.3, -0.25) is 9.59 Å². The van der Waals surface area contributed by atoms with Gasteiger partial charge in [0.25, 0.3) is 11.8 Å². The number of carbonyl (C=O) groups is 2. The monoisotopic (exact) mass is 323 g/mol. The van der Waals surface area contributed by atoms with E-state index in [1.54, 1.807) is 13.0 Å². The molecule has 2 atom stereocenters. The van der Waals surface area contributed by atoms with E-state index in [1.165, 1.54) is 12.1 Å². The van der Waals surface area contributed by atoms with Crippen molar-refractivity contribution in [2.24, 2.45) is 11.7 Å². The molecular formula is C16H25N3O4. The minimum absolute atomic E-state index is 0.0441. The largest absolute Gasteiger partial charge is 0.398 e. The lowest BCUT2D eigenvalue weighted by molar-refractivity contribution is -0.134. The fourth-order valence-electron chi connectivity index (χ4n) is 1.93. The van der Waals surface area contributed by atoms with Crippen LogP contribution in [0.25, 0.3) is 0 Å². The van der Waals surface area contributed by atoms with Gasteiger partial charge in [-0.2, -0.15) is 0 Å². The molecule has 128 valence electrons. The molecular weight excluding hydrogens is 298 g/mol. The maximum absolute atomic E-state index is 12.3. The summed E-state index contributed by atoms with van der Waals surface area (Å²) in [5.74, 6) is -1.08. The van der Waals surface area contributed by atoms with Gasteiger partial charge in [-0.1, -0.05) is 19.9 Å². The van der Waals surface area contributed by atoms with E-state index in [4.69, 9.17) is 21.3 Å². The van der Waals surface area contributed by atoms with E-state index in [2.05, 4.69) is 5.32 Å². The molecule has 2 amide bonds. The number of hydrogen-bond donors (Lipinski definition) is 4. The number of aliphatic hydroxyl groups excluding tert-OH is 1. The van der Waals surface area contributed by atoms with Crippen LogP contribution < -0.4 is 16.8 Å². The summed E-state index contributed by atoms with van der Waals surface area (Å²) in [6.07, 6.45) is -0.103. The van der Waals surface area contributed by atoms with E-state index >= 15 is 0 Å². The summed E-state index contributed by atoms with van der Waals surface area (Å²) in [6.45, 7) is 4.43. The molecule has 1 aromatic carbocycles. The highest BCUT2D eigenvalue weighted by molar-refractivity contribution is 5.98. The zero-order valence-corrected chi connectivity index (χ0v) is 13.5. The Morgan fingerprint density at radius 3 is 2.65 bits per heavy atom. The number of amides is 2. The first-order valence-electron chi connectivity index (χ1n) is 7.60. The van der Waals surface area contributed by atoms with Gasteiger partial charge < -0.3 is 26.6 Å². The summed E-state index contributed by atoms with van der Waals surface area (Å²) in [4.78, 5) is 23.7. The third-order valence-electron chi connectivity index (χ3n) is 3.29. The average molecular weight is 323 g/mol. The number of primary amides is 1. The van der Waals surface area contributed by atoms with Crippen molar-refractivity contribution in [3.63, 3.8) is 0 Å². The van der Waals surface area contributed by atoms with Crippen molar-refractivity contribution in [2.45, 2.75) is 26.4 Å². The molecule has 1 rings (SSSR count). The van der Waals surface area contributed by atoms with Crippen molar-refractivity contribution in [1.82, 2.24) is 5.32 Å². The van der Waals surface area contributed by atoms with Gasteiger partial charge in [-0.25, -0.2) is 0 Å². The number of rotatable bonds is 9. The van der Waals surface area contributed by atoms with E-state index in [-0.39, 0.29) is 36.3 Å². The fraction of sp³-hybridized carbons (Fsp3) is 0.500. The molecule has 1 unspecified atom stereocenters. The Kier molecular flexibility index (Phi) is 7.50. The summed E-state index contributed by atoms with van der Waals surface area (Å²) >= 11 is 0. The van der Waals surface area contributed by atoms with Crippen molar-refractivity contribution in [3.8, 4) is 0 Å². The highest BCUT2D eigenvalue weighted by Gasteiger charge is 2.23. The topological polar surface area (TPSA) is 128 Å². The molecule has 0 bridgehead atoms. The van der Waals surface area contributed by atoms with Crippen LogP contribution in [-0.4, -0.2) is 36.7 Å². The first-order valence-corrected chi connectivity index (χ1v) is 7.60. The van der Waals surface area contributed by atoms with Gasteiger partial charge in [0.05, 0.1) is 12.2 Å². The Labute approximate surface area is 136 Å². The Bertz CT molecular complexity index is 548. The van der Waals surface area contributed by atoms with Crippen molar-refractivity contribution in [2.75, 3.05) is 25.5 Å². The molecule has 0 aromatic heterocycles. The summed E-state index contributed by atoms with van der Waals surface area (Å²) < 4.78 is 5.65. The van der Waals surface area contributed by atoms with Gasteiger partial charge in [0, 0.05) is 24.8 Å². The molecule has 0 heterocycles. The highest BCUT2D eigenvalue weighted by atomic mass is 16.5. The van der Waals surface area contributed by atoms with Gasteiger partial charge in [0.1, 0.15) is 0 Å². The third kappa shape index (κ3) is 5.54. The van der Waals surface area contributed by atoms with Crippen LogP contribution in [0.1, 0.15) is 42.3 Å². The summed E-state index contributed by atoms with van der Waals surface area (Å²) in [5, 5.41) is 11.9. The number of carbonyl (C=O) groups excluding carboxylic acids is 2.